The maximum atomic E-state index is 11.6. The van der Waals surface area contributed by atoms with E-state index in [4.69, 9.17) is 5.84 Å². The van der Waals surface area contributed by atoms with Gasteiger partial charge in [0, 0.05) is 12.5 Å². The van der Waals surface area contributed by atoms with Crippen LogP contribution in [-0.2, 0) is 0 Å². The van der Waals surface area contributed by atoms with Crippen LogP contribution in [0.1, 0.15) is 12.8 Å². The van der Waals surface area contributed by atoms with Crippen molar-refractivity contribution in [2.24, 2.45) is 5.84 Å². The van der Waals surface area contributed by atoms with E-state index in [2.05, 4.69) is 12.0 Å². The van der Waals surface area contributed by atoms with Gasteiger partial charge in [0.15, 0.2) is 0 Å². The predicted octanol–water partition coefficient (Wildman–Crippen LogP) is 1.35. The first-order chi connectivity index (χ1) is 4.99. The highest BCUT2D eigenvalue weighted by Gasteiger charge is 2.27. The molecule has 3 N–H and O–H groups in total. The first-order valence-electron chi connectivity index (χ1n) is 3.15. The molecule has 1 atom stereocenters. The predicted molar refractivity (Wildman–Crippen MR) is 36.6 cm³/mol. The van der Waals surface area contributed by atoms with Gasteiger partial charge in [-0.05, 0) is 6.42 Å². The summed E-state index contributed by atoms with van der Waals surface area (Å²) in [5.74, 6) is 4.92. The minimum Gasteiger partial charge on any atom is -0.271 e. The lowest BCUT2D eigenvalue weighted by molar-refractivity contribution is -0.136. The zero-order valence-electron chi connectivity index (χ0n) is 5.99. The molecule has 0 aliphatic rings. The standard InChI is InChI=1S/C6H11F3N2/c1-2-5(11-10)3-4-6(7,8)9/h2,5,11H,1,3-4,10H2. The average molecular weight is 168 g/mol. The molecular weight excluding hydrogens is 157 g/mol. The molecule has 0 rings (SSSR count). The zero-order chi connectivity index (χ0) is 8.91. The maximum absolute atomic E-state index is 11.6. The van der Waals surface area contributed by atoms with E-state index in [0.29, 0.717) is 0 Å². The number of rotatable bonds is 4. The molecule has 0 radical (unpaired) electrons. The fourth-order valence-electron chi connectivity index (χ4n) is 0.588. The number of hydrogen-bond acceptors (Lipinski definition) is 2. The highest BCUT2D eigenvalue weighted by atomic mass is 19.4. The molecule has 0 heterocycles. The van der Waals surface area contributed by atoms with Crippen LogP contribution in [0.4, 0.5) is 13.2 Å². The van der Waals surface area contributed by atoms with Crippen molar-refractivity contribution < 1.29 is 13.2 Å². The van der Waals surface area contributed by atoms with Crippen LogP contribution in [-0.4, -0.2) is 12.2 Å². The van der Waals surface area contributed by atoms with E-state index in [1.165, 1.54) is 6.08 Å². The molecule has 0 aromatic rings. The molecule has 0 spiro atoms. The summed E-state index contributed by atoms with van der Waals surface area (Å²) in [6.07, 6.45) is -3.67. The fraction of sp³-hybridized carbons (Fsp3) is 0.667. The van der Waals surface area contributed by atoms with Crippen molar-refractivity contribution in [2.45, 2.75) is 25.1 Å². The summed E-state index contributed by atoms with van der Waals surface area (Å²) in [5, 5.41) is 0. The monoisotopic (exact) mass is 168 g/mol. The van der Waals surface area contributed by atoms with Gasteiger partial charge in [-0.2, -0.15) is 13.2 Å². The molecule has 0 bridgehead atoms. The van der Waals surface area contributed by atoms with Crippen molar-refractivity contribution in [1.29, 1.82) is 0 Å². The van der Waals surface area contributed by atoms with E-state index in [0.717, 1.165) is 0 Å². The van der Waals surface area contributed by atoms with Crippen LogP contribution in [0, 0.1) is 0 Å². The third-order valence-corrected chi connectivity index (χ3v) is 1.24. The highest BCUT2D eigenvalue weighted by molar-refractivity contribution is 4.83. The molecular formula is C6H11F3N2. The Morgan fingerprint density at radius 2 is 2.09 bits per heavy atom. The fourth-order valence-corrected chi connectivity index (χ4v) is 0.588. The van der Waals surface area contributed by atoms with Crippen LogP contribution >= 0.6 is 0 Å². The first kappa shape index (κ1) is 10.4. The van der Waals surface area contributed by atoms with E-state index in [-0.39, 0.29) is 6.42 Å². The Morgan fingerprint density at radius 1 is 1.55 bits per heavy atom. The van der Waals surface area contributed by atoms with Crippen molar-refractivity contribution in [3.63, 3.8) is 0 Å². The first-order valence-corrected chi connectivity index (χ1v) is 3.15. The molecule has 0 aromatic heterocycles. The van der Waals surface area contributed by atoms with Crippen LogP contribution in [0.5, 0.6) is 0 Å². The second-order valence-electron chi connectivity index (χ2n) is 2.16. The summed E-state index contributed by atoms with van der Waals surface area (Å²) >= 11 is 0. The number of hydrogen-bond donors (Lipinski definition) is 2. The minimum absolute atomic E-state index is 0.0660. The van der Waals surface area contributed by atoms with Gasteiger partial charge < -0.3 is 0 Å². The summed E-state index contributed by atoms with van der Waals surface area (Å²) in [6, 6.07) is -0.461. The largest absolute Gasteiger partial charge is 0.389 e. The molecule has 0 fully saturated rings. The van der Waals surface area contributed by atoms with Crippen LogP contribution in [0.25, 0.3) is 0 Å². The summed E-state index contributed by atoms with van der Waals surface area (Å²) in [5.41, 5.74) is 2.21. The SMILES string of the molecule is C=CC(CCC(F)(F)F)NN. The van der Waals surface area contributed by atoms with Gasteiger partial charge in [0.05, 0.1) is 0 Å². The van der Waals surface area contributed by atoms with Crippen LogP contribution in [0.2, 0.25) is 0 Å². The van der Waals surface area contributed by atoms with Gasteiger partial charge in [0.2, 0.25) is 0 Å². The van der Waals surface area contributed by atoms with Crippen molar-refractivity contribution in [3.05, 3.63) is 12.7 Å². The summed E-state index contributed by atoms with van der Waals surface area (Å²) in [7, 11) is 0. The molecule has 5 heteroatoms. The Kier molecular flexibility index (Phi) is 4.14. The molecule has 0 saturated carbocycles. The second-order valence-corrected chi connectivity index (χ2v) is 2.16. The third kappa shape index (κ3) is 5.87. The Balaban J connectivity index is 3.59. The molecule has 11 heavy (non-hydrogen) atoms. The lowest BCUT2D eigenvalue weighted by Gasteiger charge is -2.11. The quantitative estimate of drug-likeness (QED) is 0.377. The maximum Gasteiger partial charge on any atom is 0.389 e. The van der Waals surface area contributed by atoms with Crippen LogP contribution in [0.3, 0.4) is 0 Å². The number of alkyl halides is 3. The topological polar surface area (TPSA) is 38.0 Å². The second kappa shape index (κ2) is 4.35. The summed E-state index contributed by atoms with van der Waals surface area (Å²) < 4.78 is 34.8. The number of nitrogens with two attached hydrogens (primary N) is 1. The van der Waals surface area contributed by atoms with Crippen molar-refractivity contribution in [3.8, 4) is 0 Å². The van der Waals surface area contributed by atoms with E-state index < -0.39 is 18.6 Å². The Bertz CT molecular complexity index is 121. The van der Waals surface area contributed by atoms with E-state index in [9.17, 15) is 13.2 Å². The lowest BCUT2D eigenvalue weighted by atomic mass is 10.1. The highest BCUT2D eigenvalue weighted by Crippen LogP contribution is 2.22. The van der Waals surface area contributed by atoms with Gasteiger partial charge in [-0.15, -0.1) is 6.58 Å². The van der Waals surface area contributed by atoms with E-state index in [1.54, 1.807) is 0 Å². The Morgan fingerprint density at radius 3 is 2.36 bits per heavy atom. The van der Waals surface area contributed by atoms with Gasteiger partial charge in [-0.25, -0.2) is 0 Å². The molecule has 0 saturated heterocycles. The number of halogens is 3. The van der Waals surface area contributed by atoms with Gasteiger partial charge in [-0.1, -0.05) is 6.08 Å². The molecule has 0 aliphatic heterocycles. The van der Waals surface area contributed by atoms with Crippen LogP contribution in [0.15, 0.2) is 12.7 Å². The molecule has 66 valence electrons. The van der Waals surface area contributed by atoms with E-state index in [1.807, 2.05) is 0 Å². The molecule has 1 unspecified atom stereocenters. The van der Waals surface area contributed by atoms with Gasteiger partial charge in [0.1, 0.15) is 0 Å². The zero-order valence-corrected chi connectivity index (χ0v) is 5.99. The normalized spacial score (nSPS) is 14.5. The minimum atomic E-state index is -4.11. The number of nitrogens with one attached hydrogen (secondary N) is 1. The van der Waals surface area contributed by atoms with Gasteiger partial charge in [-0.3, -0.25) is 11.3 Å². The molecule has 0 aromatic carbocycles. The summed E-state index contributed by atoms with van der Waals surface area (Å²) in [4.78, 5) is 0. The average Bonchev–Trinajstić information content (AvgIpc) is 1.88. The van der Waals surface area contributed by atoms with Crippen molar-refractivity contribution >= 4 is 0 Å². The van der Waals surface area contributed by atoms with Gasteiger partial charge in [0.25, 0.3) is 0 Å². The van der Waals surface area contributed by atoms with E-state index >= 15 is 0 Å². The molecule has 2 nitrogen and oxygen atoms in total. The number of hydrazine groups is 1. The van der Waals surface area contributed by atoms with Crippen molar-refractivity contribution in [1.82, 2.24) is 5.43 Å². The van der Waals surface area contributed by atoms with Gasteiger partial charge >= 0.3 is 6.18 Å². The Hall–Kier alpha value is -0.550. The molecule has 0 amide bonds. The Labute approximate surface area is 63.2 Å². The molecule has 0 aliphatic carbocycles. The summed E-state index contributed by atoms with van der Waals surface area (Å²) in [6.45, 7) is 3.32. The third-order valence-electron chi connectivity index (χ3n) is 1.24. The van der Waals surface area contributed by atoms with Crippen LogP contribution < -0.4 is 11.3 Å². The lowest BCUT2D eigenvalue weighted by Crippen LogP contribution is -2.34. The van der Waals surface area contributed by atoms with Crippen molar-refractivity contribution in [2.75, 3.05) is 0 Å². The smallest absolute Gasteiger partial charge is 0.271 e.